The highest BCUT2D eigenvalue weighted by Gasteiger charge is 2.21. The topological polar surface area (TPSA) is 88.0 Å². The molecule has 0 bridgehead atoms. The third-order valence-corrected chi connectivity index (χ3v) is 6.65. The van der Waals surface area contributed by atoms with Gasteiger partial charge in [0.25, 0.3) is 0 Å². The van der Waals surface area contributed by atoms with Gasteiger partial charge in [0.1, 0.15) is 5.69 Å². The number of nitrogens with zero attached hydrogens (tertiary/aromatic N) is 5. The third-order valence-electron chi connectivity index (χ3n) is 6.65. The van der Waals surface area contributed by atoms with Crippen LogP contribution in [-0.2, 0) is 18.4 Å². The minimum absolute atomic E-state index is 0.0219. The van der Waals surface area contributed by atoms with Crippen molar-refractivity contribution in [2.45, 2.75) is 40.2 Å². The minimum Gasteiger partial charge on any atom is -0.326 e. The lowest BCUT2D eigenvalue weighted by molar-refractivity contribution is -0.123. The molecule has 0 spiro atoms. The maximum Gasteiger partial charge on any atom is 0.229 e. The van der Waals surface area contributed by atoms with E-state index in [1.54, 1.807) is 10.9 Å². The Morgan fingerprint density at radius 1 is 1.00 bits per heavy atom. The second-order valence-corrected chi connectivity index (χ2v) is 10.9. The quantitative estimate of drug-likeness (QED) is 0.324. The van der Waals surface area contributed by atoms with Crippen LogP contribution in [0.4, 0.5) is 17.3 Å². The summed E-state index contributed by atoms with van der Waals surface area (Å²) in [5, 5.41) is 11.1. The summed E-state index contributed by atoms with van der Waals surface area (Å²) in [6.45, 7) is 9.00. The third kappa shape index (κ3) is 6.08. The first-order chi connectivity index (χ1) is 18.2. The van der Waals surface area contributed by atoms with Crippen molar-refractivity contribution in [1.82, 2.24) is 24.6 Å². The molecule has 1 fully saturated rings. The molecule has 196 valence electrons. The number of rotatable bonds is 7. The van der Waals surface area contributed by atoms with Crippen LogP contribution >= 0.6 is 0 Å². The highest BCUT2D eigenvalue weighted by atomic mass is 16.2. The molecule has 1 saturated heterocycles. The van der Waals surface area contributed by atoms with Crippen LogP contribution in [0.25, 0.3) is 22.5 Å². The van der Waals surface area contributed by atoms with Gasteiger partial charge in [-0.15, -0.1) is 0 Å². The number of hydrogen-bond acceptors (Lipinski definition) is 6. The van der Waals surface area contributed by atoms with Crippen LogP contribution in [0, 0.1) is 5.41 Å². The van der Waals surface area contributed by atoms with Crippen molar-refractivity contribution in [2.24, 2.45) is 12.5 Å². The Morgan fingerprint density at radius 3 is 2.50 bits per heavy atom. The summed E-state index contributed by atoms with van der Waals surface area (Å²) in [5.74, 6) is 0.516. The maximum atomic E-state index is 12.3. The molecule has 0 aliphatic carbocycles. The Morgan fingerprint density at radius 2 is 1.76 bits per heavy atom. The lowest BCUT2D eigenvalue weighted by atomic mass is 9.95. The summed E-state index contributed by atoms with van der Waals surface area (Å²) < 4.78 is 1.79. The molecule has 4 aromatic rings. The molecule has 2 aromatic heterocycles. The van der Waals surface area contributed by atoms with Gasteiger partial charge in [-0.1, -0.05) is 45.0 Å². The first kappa shape index (κ1) is 25.6. The fraction of sp³-hybridized carbons (Fsp3) is 0.333. The van der Waals surface area contributed by atoms with E-state index in [1.165, 1.54) is 31.5 Å². The first-order valence-electron chi connectivity index (χ1n) is 13.1. The van der Waals surface area contributed by atoms with Crippen LogP contribution in [0.3, 0.4) is 0 Å². The highest BCUT2D eigenvalue weighted by Crippen LogP contribution is 2.31. The molecule has 2 aromatic carbocycles. The number of carbonyl (C=O) groups is 1. The number of aromatic nitrogens is 4. The predicted octanol–water partition coefficient (Wildman–Crippen LogP) is 5.87. The number of amides is 1. The van der Waals surface area contributed by atoms with Crippen LogP contribution in [-0.4, -0.2) is 43.6 Å². The van der Waals surface area contributed by atoms with Gasteiger partial charge in [-0.3, -0.25) is 14.4 Å². The maximum absolute atomic E-state index is 12.3. The van der Waals surface area contributed by atoms with Crippen LogP contribution < -0.4 is 10.6 Å². The van der Waals surface area contributed by atoms with Crippen LogP contribution in [0.15, 0.2) is 67.0 Å². The van der Waals surface area contributed by atoms with Gasteiger partial charge in [-0.05, 0) is 61.8 Å². The molecule has 2 N–H and O–H groups in total. The van der Waals surface area contributed by atoms with Crippen LogP contribution in [0.2, 0.25) is 0 Å². The molecule has 0 saturated carbocycles. The number of benzene rings is 2. The zero-order valence-electron chi connectivity index (χ0n) is 22.5. The Bertz CT molecular complexity index is 1410. The van der Waals surface area contributed by atoms with Gasteiger partial charge in [0, 0.05) is 53.9 Å². The van der Waals surface area contributed by atoms with Gasteiger partial charge in [-0.2, -0.15) is 5.10 Å². The molecular formula is C30H35N7O. The van der Waals surface area contributed by atoms with Crippen molar-refractivity contribution < 1.29 is 4.79 Å². The molecule has 1 amide bonds. The zero-order valence-corrected chi connectivity index (χ0v) is 22.5. The molecule has 3 heterocycles. The Kier molecular flexibility index (Phi) is 7.24. The van der Waals surface area contributed by atoms with Crippen LogP contribution in [0.1, 0.15) is 39.2 Å². The Balaban J connectivity index is 1.35. The number of hydrogen-bond donors (Lipinski definition) is 2. The van der Waals surface area contributed by atoms with E-state index < -0.39 is 5.41 Å². The summed E-state index contributed by atoms with van der Waals surface area (Å²) in [6.07, 6.45) is 6.30. The highest BCUT2D eigenvalue weighted by molar-refractivity contribution is 5.94. The fourth-order valence-corrected chi connectivity index (χ4v) is 4.56. The second kappa shape index (κ2) is 10.8. The smallest absolute Gasteiger partial charge is 0.229 e. The normalized spacial score (nSPS) is 14.0. The molecule has 38 heavy (non-hydrogen) atoms. The summed E-state index contributed by atoms with van der Waals surface area (Å²) in [6, 6.07) is 18.1. The van der Waals surface area contributed by atoms with Crippen molar-refractivity contribution in [3.8, 4) is 22.5 Å². The zero-order chi connectivity index (χ0) is 26.7. The van der Waals surface area contributed by atoms with Gasteiger partial charge in [0.2, 0.25) is 11.9 Å². The number of carbonyl (C=O) groups excluding carboxylic acids is 1. The van der Waals surface area contributed by atoms with E-state index in [9.17, 15) is 4.79 Å². The average molecular weight is 510 g/mol. The summed E-state index contributed by atoms with van der Waals surface area (Å²) in [7, 11) is 1.90. The van der Waals surface area contributed by atoms with E-state index in [2.05, 4.69) is 38.7 Å². The SMILES string of the molecule is Cn1cc(-c2ccnc(Nc3cccc(CN4CCCC4)c3)n2)c(-c2ccc(NC(=O)C(C)(C)C)cc2)n1. The predicted molar refractivity (Wildman–Crippen MR) is 152 cm³/mol. The van der Waals surface area contributed by atoms with Gasteiger partial charge in [-0.25, -0.2) is 9.97 Å². The van der Waals surface area contributed by atoms with E-state index in [0.717, 1.165) is 40.4 Å². The number of nitrogens with one attached hydrogen (secondary N) is 2. The molecule has 1 aliphatic rings. The Hall–Kier alpha value is -4.04. The van der Waals surface area contributed by atoms with E-state index in [1.807, 2.05) is 70.4 Å². The van der Waals surface area contributed by atoms with Gasteiger partial charge < -0.3 is 10.6 Å². The number of aryl methyl sites for hydroxylation is 1. The average Bonchev–Trinajstić information content (AvgIpc) is 3.54. The van der Waals surface area contributed by atoms with E-state index in [4.69, 9.17) is 10.1 Å². The minimum atomic E-state index is -0.458. The molecular weight excluding hydrogens is 474 g/mol. The van der Waals surface area contributed by atoms with Crippen LogP contribution in [0.5, 0.6) is 0 Å². The van der Waals surface area contributed by atoms with Crippen molar-refractivity contribution in [2.75, 3.05) is 23.7 Å². The molecule has 1 aliphatic heterocycles. The molecule has 5 rings (SSSR count). The largest absolute Gasteiger partial charge is 0.326 e. The van der Waals surface area contributed by atoms with Crippen molar-refractivity contribution in [3.63, 3.8) is 0 Å². The number of anilines is 3. The summed E-state index contributed by atoms with van der Waals surface area (Å²) in [4.78, 5) is 24.1. The lowest BCUT2D eigenvalue weighted by Crippen LogP contribution is -2.27. The standard InChI is InChI=1S/C30H35N7O/c1-30(2,3)28(38)32-23-12-10-22(11-13-23)27-25(20-36(4)35-27)26-14-15-31-29(34-26)33-24-9-7-8-21(18-24)19-37-16-5-6-17-37/h7-15,18,20H,5-6,16-17,19H2,1-4H3,(H,32,38)(H,31,33,34). The summed E-state index contributed by atoms with van der Waals surface area (Å²) >= 11 is 0. The molecule has 8 nitrogen and oxygen atoms in total. The summed E-state index contributed by atoms with van der Waals surface area (Å²) in [5.41, 5.74) is 6.00. The van der Waals surface area contributed by atoms with Crippen molar-refractivity contribution in [3.05, 3.63) is 72.6 Å². The fourth-order valence-electron chi connectivity index (χ4n) is 4.56. The van der Waals surface area contributed by atoms with Crippen molar-refractivity contribution >= 4 is 23.2 Å². The van der Waals surface area contributed by atoms with E-state index >= 15 is 0 Å². The number of likely N-dealkylation sites (tertiary alicyclic amines) is 1. The molecule has 8 heteroatoms. The lowest BCUT2D eigenvalue weighted by Gasteiger charge is -2.17. The Labute approximate surface area is 224 Å². The second-order valence-electron chi connectivity index (χ2n) is 10.9. The molecule has 0 radical (unpaired) electrons. The first-order valence-corrected chi connectivity index (χ1v) is 13.1. The van der Waals surface area contributed by atoms with Gasteiger partial charge >= 0.3 is 0 Å². The van der Waals surface area contributed by atoms with Gasteiger partial charge in [0.05, 0.1) is 5.69 Å². The molecule has 0 unspecified atom stereocenters. The van der Waals surface area contributed by atoms with Gasteiger partial charge in [0.15, 0.2) is 0 Å². The van der Waals surface area contributed by atoms with E-state index in [0.29, 0.717) is 5.95 Å². The van der Waals surface area contributed by atoms with E-state index in [-0.39, 0.29) is 5.91 Å². The molecule has 0 atom stereocenters. The van der Waals surface area contributed by atoms with Crippen molar-refractivity contribution in [1.29, 1.82) is 0 Å². The monoisotopic (exact) mass is 509 g/mol.